The number of anilines is 1. The van der Waals surface area contributed by atoms with E-state index >= 15 is 0 Å². The predicted octanol–water partition coefficient (Wildman–Crippen LogP) is 4.80. The summed E-state index contributed by atoms with van der Waals surface area (Å²) in [5, 5.41) is 2.86. The first-order valence-corrected chi connectivity index (χ1v) is 11.4. The summed E-state index contributed by atoms with van der Waals surface area (Å²) in [4.78, 5) is 24.5. The number of rotatable bonds is 8. The monoisotopic (exact) mass is 454 g/mol. The Bertz CT molecular complexity index is 1020. The molecule has 2 atom stereocenters. The summed E-state index contributed by atoms with van der Waals surface area (Å²) < 4.78 is 38.7. The molecular weight excluding hydrogens is 433 g/mol. The summed E-state index contributed by atoms with van der Waals surface area (Å²) in [6, 6.07) is 8.29. The van der Waals surface area contributed by atoms with Crippen LogP contribution in [-0.2, 0) is 15.8 Å². The Morgan fingerprint density at radius 2 is 2.00 bits per heavy atom. The lowest BCUT2D eigenvalue weighted by atomic mass is 10.1. The van der Waals surface area contributed by atoms with Crippen LogP contribution in [0, 0.1) is 11.6 Å². The Hall–Kier alpha value is -2.47. The smallest absolute Gasteiger partial charge is 0.237 e. The van der Waals surface area contributed by atoms with Gasteiger partial charge in [-0.15, -0.1) is 0 Å². The maximum absolute atomic E-state index is 13.3. The van der Waals surface area contributed by atoms with Gasteiger partial charge < -0.3 is 15.1 Å². The maximum atomic E-state index is 13.3. The van der Waals surface area contributed by atoms with E-state index in [2.05, 4.69) is 11.9 Å². The van der Waals surface area contributed by atoms with Crippen LogP contribution < -0.4 is 10.2 Å². The summed E-state index contributed by atoms with van der Waals surface area (Å²) in [6.07, 6.45) is 4.10. The number of nitrogens with zero attached hydrogens (tertiary/aromatic N) is 1. The zero-order valence-electron chi connectivity index (χ0n) is 16.5. The lowest BCUT2D eigenvalue weighted by molar-refractivity contribution is -0.119. The summed E-state index contributed by atoms with van der Waals surface area (Å²) >= 11 is 6.07. The molecule has 5 nitrogen and oxygen atoms in total. The number of nitrogens with one attached hydrogen (secondary N) is 1. The topological polar surface area (TPSA) is 69.6 Å². The summed E-state index contributed by atoms with van der Waals surface area (Å²) in [5.41, 5.74) is 0.366. The highest BCUT2D eigenvalue weighted by Crippen LogP contribution is 2.44. The number of amides is 1. The minimum atomic E-state index is -3.84. The molecule has 0 heterocycles. The van der Waals surface area contributed by atoms with Gasteiger partial charge in [0.15, 0.2) is 11.6 Å². The molecule has 9 heteroatoms. The molecule has 0 saturated heterocycles. The van der Waals surface area contributed by atoms with Crippen LogP contribution in [0.5, 0.6) is 0 Å². The third kappa shape index (κ3) is 6.26. The van der Waals surface area contributed by atoms with Crippen molar-refractivity contribution >= 4 is 36.6 Å². The molecule has 0 aromatic heterocycles. The van der Waals surface area contributed by atoms with Crippen molar-refractivity contribution in [1.29, 1.82) is 0 Å². The fourth-order valence-electron chi connectivity index (χ4n) is 2.78. The van der Waals surface area contributed by atoms with Gasteiger partial charge in [0, 0.05) is 30.6 Å². The Kier molecular flexibility index (Phi) is 7.96. The van der Waals surface area contributed by atoms with Crippen LogP contribution in [0.2, 0.25) is 5.02 Å². The molecule has 2 aromatic rings. The van der Waals surface area contributed by atoms with Gasteiger partial charge in [-0.05, 0) is 60.2 Å². The highest BCUT2D eigenvalue weighted by atomic mass is 35.5. The van der Waals surface area contributed by atoms with E-state index < -0.39 is 30.6 Å². The summed E-state index contributed by atoms with van der Waals surface area (Å²) in [5.74, 6) is -2.69. The normalized spacial score (nSPS) is 14.2. The van der Waals surface area contributed by atoms with Gasteiger partial charge >= 0.3 is 0 Å². The fourth-order valence-corrected chi connectivity index (χ4v) is 4.02. The molecule has 160 valence electrons. The predicted molar refractivity (Wildman–Crippen MR) is 117 cm³/mol. The van der Waals surface area contributed by atoms with Crippen molar-refractivity contribution < 1.29 is 23.0 Å². The first kappa shape index (κ1) is 23.8. The average molecular weight is 455 g/mol. The second-order valence-corrected chi connectivity index (χ2v) is 9.69. The fraction of sp³-hybridized carbons (Fsp3) is 0.190. The number of carbonyl (C=O) groups excluding carboxylic acids is 1. The Morgan fingerprint density at radius 3 is 2.60 bits per heavy atom. The molecule has 30 heavy (non-hydrogen) atoms. The van der Waals surface area contributed by atoms with Crippen molar-refractivity contribution in [1.82, 2.24) is 5.32 Å². The molecule has 0 aliphatic heterocycles. The SMILES string of the molecule is C=CN(C)c1ccc(Cl)cc1CC(C(=O)N/C=C/c1ccc(F)c(F)c1)P(C)(=O)O. The Morgan fingerprint density at radius 1 is 1.30 bits per heavy atom. The molecule has 2 N–H and O–H groups in total. The Balaban J connectivity index is 2.24. The van der Waals surface area contributed by atoms with Crippen LogP contribution in [0.25, 0.3) is 6.08 Å². The van der Waals surface area contributed by atoms with Crippen molar-refractivity contribution in [3.63, 3.8) is 0 Å². The van der Waals surface area contributed by atoms with Gasteiger partial charge in [-0.3, -0.25) is 9.36 Å². The van der Waals surface area contributed by atoms with Crippen LogP contribution in [0.4, 0.5) is 14.5 Å². The maximum Gasteiger partial charge on any atom is 0.237 e. The van der Waals surface area contributed by atoms with E-state index in [4.69, 9.17) is 11.6 Å². The molecule has 0 radical (unpaired) electrons. The molecule has 0 fully saturated rings. The molecule has 2 unspecified atom stereocenters. The number of halogens is 3. The standard InChI is InChI=1S/C21H22ClF2N2O3P/c1-4-26(2)19-8-6-16(22)12-15(19)13-20(30(3,28)29)21(27)25-10-9-14-5-7-17(23)18(24)11-14/h4-12,20H,1,13H2,2-3H3,(H,25,27)(H,28,29)/b10-9+. The van der Waals surface area contributed by atoms with E-state index in [-0.39, 0.29) is 6.42 Å². The number of hydrogen-bond donors (Lipinski definition) is 2. The molecule has 0 spiro atoms. The number of benzene rings is 2. The first-order chi connectivity index (χ1) is 14.0. The van der Waals surface area contributed by atoms with Gasteiger partial charge in [-0.2, -0.15) is 0 Å². The van der Waals surface area contributed by atoms with Gasteiger partial charge in [0.05, 0.1) is 0 Å². The second kappa shape index (κ2) is 10.0. The molecular formula is C21H22ClF2N2O3P. The van der Waals surface area contributed by atoms with Gasteiger partial charge in [-0.25, -0.2) is 8.78 Å². The summed E-state index contributed by atoms with van der Waals surface area (Å²) in [7, 11) is -2.09. The van der Waals surface area contributed by atoms with Crippen LogP contribution in [0.15, 0.2) is 55.4 Å². The third-order valence-corrected chi connectivity index (χ3v) is 6.24. The lowest BCUT2D eigenvalue weighted by Crippen LogP contribution is -2.33. The van der Waals surface area contributed by atoms with Crippen molar-refractivity contribution in [2.24, 2.45) is 0 Å². The van der Waals surface area contributed by atoms with Crippen LogP contribution >= 0.6 is 19.0 Å². The highest BCUT2D eigenvalue weighted by Gasteiger charge is 2.33. The van der Waals surface area contributed by atoms with E-state index in [0.717, 1.165) is 18.8 Å². The number of hydrogen-bond acceptors (Lipinski definition) is 3. The van der Waals surface area contributed by atoms with Crippen LogP contribution in [0.1, 0.15) is 11.1 Å². The third-order valence-electron chi connectivity index (χ3n) is 4.43. The number of carbonyl (C=O) groups is 1. The van der Waals surface area contributed by atoms with Crippen molar-refractivity contribution in [2.75, 3.05) is 18.6 Å². The largest absolute Gasteiger partial charge is 0.351 e. The van der Waals surface area contributed by atoms with Gasteiger partial charge in [-0.1, -0.05) is 24.2 Å². The Labute approximate surface area is 179 Å². The minimum Gasteiger partial charge on any atom is -0.351 e. The lowest BCUT2D eigenvalue weighted by Gasteiger charge is -2.23. The van der Waals surface area contributed by atoms with Gasteiger partial charge in [0.1, 0.15) is 5.66 Å². The zero-order valence-corrected chi connectivity index (χ0v) is 18.1. The van der Waals surface area contributed by atoms with Crippen molar-refractivity contribution in [2.45, 2.75) is 12.1 Å². The summed E-state index contributed by atoms with van der Waals surface area (Å²) in [6.45, 7) is 4.80. The van der Waals surface area contributed by atoms with E-state index in [9.17, 15) is 23.0 Å². The van der Waals surface area contributed by atoms with Gasteiger partial charge in [0.25, 0.3) is 0 Å². The van der Waals surface area contributed by atoms with E-state index in [1.165, 1.54) is 18.3 Å². The minimum absolute atomic E-state index is 0.0385. The second-order valence-electron chi connectivity index (χ2n) is 6.75. The van der Waals surface area contributed by atoms with E-state index in [1.54, 1.807) is 36.3 Å². The zero-order chi connectivity index (χ0) is 22.5. The van der Waals surface area contributed by atoms with E-state index in [0.29, 0.717) is 21.8 Å². The molecule has 0 bridgehead atoms. The molecule has 1 amide bonds. The highest BCUT2D eigenvalue weighted by molar-refractivity contribution is 7.59. The first-order valence-electron chi connectivity index (χ1n) is 8.88. The van der Waals surface area contributed by atoms with Crippen molar-refractivity contribution in [3.05, 3.63) is 83.2 Å². The quantitative estimate of drug-likeness (QED) is 0.562. The van der Waals surface area contributed by atoms with E-state index in [1.807, 2.05) is 0 Å². The molecule has 0 aliphatic carbocycles. The van der Waals surface area contributed by atoms with Gasteiger partial charge in [0.2, 0.25) is 13.3 Å². The van der Waals surface area contributed by atoms with Crippen LogP contribution in [-0.4, -0.2) is 30.2 Å². The molecule has 0 aliphatic rings. The molecule has 0 saturated carbocycles. The average Bonchev–Trinajstić information content (AvgIpc) is 2.67. The molecule has 2 rings (SSSR count). The molecule has 2 aromatic carbocycles. The van der Waals surface area contributed by atoms with Crippen LogP contribution in [0.3, 0.4) is 0 Å². The van der Waals surface area contributed by atoms with Crippen molar-refractivity contribution in [3.8, 4) is 0 Å².